The highest BCUT2D eigenvalue weighted by molar-refractivity contribution is 6.27. The summed E-state index contributed by atoms with van der Waals surface area (Å²) >= 11 is 0. The lowest BCUT2D eigenvalue weighted by atomic mass is 10.0. The Morgan fingerprint density at radius 3 is 2.48 bits per heavy atom. The number of hydrogen-bond donors (Lipinski definition) is 0. The molecule has 0 saturated carbocycles. The van der Waals surface area contributed by atoms with E-state index in [1.165, 1.54) is 0 Å². The zero-order valence-electron chi connectivity index (χ0n) is 11.8. The number of ether oxygens (including phenoxy) is 3. The van der Waals surface area contributed by atoms with Crippen LogP contribution in [0.2, 0.25) is 0 Å². The lowest BCUT2D eigenvalue weighted by molar-refractivity contribution is -0.127. The number of rotatable bonds is 3. The molecule has 0 spiro atoms. The molecule has 0 radical (unpaired) electrons. The van der Waals surface area contributed by atoms with Crippen molar-refractivity contribution in [2.45, 2.75) is 0 Å². The predicted molar refractivity (Wildman–Crippen MR) is 78.9 cm³/mol. The third-order valence-corrected chi connectivity index (χ3v) is 3.33. The maximum atomic E-state index is 12.2. The monoisotopic (exact) mass is 282 g/mol. The average Bonchev–Trinajstić information content (AvgIpc) is 2.85. The number of carbonyl (C=O) groups is 1. The van der Waals surface area contributed by atoms with Crippen LogP contribution in [0.1, 0.15) is 11.1 Å². The van der Waals surface area contributed by atoms with Crippen molar-refractivity contribution >= 4 is 17.3 Å². The van der Waals surface area contributed by atoms with E-state index in [1.807, 2.05) is 30.3 Å². The molecule has 0 N–H and O–H groups in total. The molecule has 21 heavy (non-hydrogen) atoms. The van der Waals surface area contributed by atoms with Crippen LogP contribution in [0.5, 0.6) is 11.5 Å². The van der Waals surface area contributed by atoms with Gasteiger partial charge >= 0.3 is 5.97 Å². The van der Waals surface area contributed by atoms with Gasteiger partial charge in [-0.25, -0.2) is 4.79 Å². The highest BCUT2D eigenvalue weighted by atomic mass is 16.5. The first kappa shape index (κ1) is 13.2. The number of esters is 1. The van der Waals surface area contributed by atoms with Gasteiger partial charge in [0.1, 0.15) is 22.8 Å². The fraction of sp³-hybridized carbons (Fsp3) is 0.118. The lowest BCUT2D eigenvalue weighted by Crippen LogP contribution is -2.04. The summed E-state index contributed by atoms with van der Waals surface area (Å²) < 4.78 is 15.9. The van der Waals surface area contributed by atoms with Gasteiger partial charge in [0.15, 0.2) is 0 Å². The van der Waals surface area contributed by atoms with Crippen LogP contribution < -0.4 is 9.47 Å². The first-order valence-electron chi connectivity index (χ1n) is 6.49. The minimum atomic E-state index is -0.418. The van der Waals surface area contributed by atoms with Crippen molar-refractivity contribution in [3.63, 3.8) is 0 Å². The van der Waals surface area contributed by atoms with E-state index in [-0.39, 0.29) is 0 Å². The third-order valence-electron chi connectivity index (χ3n) is 3.33. The number of carbonyl (C=O) groups excluding carboxylic acids is 1. The molecule has 0 aromatic heterocycles. The Morgan fingerprint density at radius 1 is 1.05 bits per heavy atom. The summed E-state index contributed by atoms with van der Waals surface area (Å²) in [5.41, 5.74) is 1.97. The summed E-state index contributed by atoms with van der Waals surface area (Å²) in [5, 5.41) is 0. The van der Waals surface area contributed by atoms with Gasteiger partial charge in [0, 0.05) is 17.2 Å². The van der Waals surface area contributed by atoms with Crippen molar-refractivity contribution in [3.05, 3.63) is 59.7 Å². The molecule has 4 heteroatoms. The lowest BCUT2D eigenvalue weighted by Gasteiger charge is -2.09. The van der Waals surface area contributed by atoms with Gasteiger partial charge in [0.25, 0.3) is 0 Å². The van der Waals surface area contributed by atoms with Crippen LogP contribution >= 0.6 is 0 Å². The Bertz CT molecular complexity index is 717. The van der Waals surface area contributed by atoms with Crippen LogP contribution in [0.15, 0.2) is 48.5 Å². The topological polar surface area (TPSA) is 44.8 Å². The van der Waals surface area contributed by atoms with Gasteiger partial charge in [-0.15, -0.1) is 0 Å². The molecule has 106 valence electrons. The Labute approximate surface area is 122 Å². The van der Waals surface area contributed by atoms with Crippen LogP contribution in [0.3, 0.4) is 0 Å². The standard InChI is InChI=1S/C17H14O4/c1-19-12-8-9-13-14(10-12)21-17(18)15(13)16(20-2)11-6-4-3-5-7-11/h3-10H,1-2H3. The summed E-state index contributed by atoms with van der Waals surface area (Å²) in [7, 11) is 3.12. The van der Waals surface area contributed by atoms with E-state index in [1.54, 1.807) is 32.4 Å². The zero-order chi connectivity index (χ0) is 14.8. The van der Waals surface area contributed by atoms with E-state index in [2.05, 4.69) is 0 Å². The van der Waals surface area contributed by atoms with Gasteiger partial charge in [0.05, 0.1) is 14.2 Å². The van der Waals surface area contributed by atoms with E-state index in [4.69, 9.17) is 14.2 Å². The van der Waals surface area contributed by atoms with Crippen molar-refractivity contribution in [1.29, 1.82) is 0 Å². The summed E-state index contributed by atoms with van der Waals surface area (Å²) in [6.45, 7) is 0. The molecule has 0 unspecified atom stereocenters. The quantitative estimate of drug-likeness (QED) is 0.375. The zero-order valence-corrected chi connectivity index (χ0v) is 11.8. The second-order valence-electron chi connectivity index (χ2n) is 4.53. The van der Waals surface area contributed by atoms with Crippen molar-refractivity contribution in [1.82, 2.24) is 0 Å². The molecule has 4 nitrogen and oxygen atoms in total. The van der Waals surface area contributed by atoms with Crippen molar-refractivity contribution < 1.29 is 19.0 Å². The third kappa shape index (κ3) is 2.25. The Morgan fingerprint density at radius 2 is 1.81 bits per heavy atom. The van der Waals surface area contributed by atoms with Gasteiger partial charge < -0.3 is 14.2 Å². The normalized spacial score (nSPS) is 15.2. The van der Waals surface area contributed by atoms with Gasteiger partial charge in [-0.2, -0.15) is 0 Å². The van der Waals surface area contributed by atoms with Gasteiger partial charge in [-0.05, 0) is 12.1 Å². The molecule has 0 bridgehead atoms. The molecule has 0 amide bonds. The largest absolute Gasteiger partial charge is 0.497 e. The molecule has 3 rings (SSSR count). The maximum Gasteiger partial charge on any atom is 0.348 e. The Kier molecular flexibility index (Phi) is 3.36. The van der Waals surface area contributed by atoms with E-state index < -0.39 is 5.97 Å². The first-order chi connectivity index (χ1) is 10.2. The van der Waals surface area contributed by atoms with E-state index in [0.717, 1.165) is 5.56 Å². The van der Waals surface area contributed by atoms with Crippen molar-refractivity contribution in [2.24, 2.45) is 0 Å². The number of methoxy groups -OCH3 is 2. The number of hydrogen-bond acceptors (Lipinski definition) is 4. The van der Waals surface area contributed by atoms with Crippen LogP contribution in [0.25, 0.3) is 11.3 Å². The highest BCUT2D eigenvalue weighted by Crippen LogP contribution is 2.40. The smallest absolute Gasteiger partial charge is 0.348 e. The molecular formula is C17H14O4. The summed E-state index contributed by atoms with van der Waals surface area (Å²) in [6, 6.07) is 14.8. The van der Waals surface area contributed by atoms with Crippen LogP contribution in [0.4, 0.5) is 0 Å². The van der Waals surface area contributed by atoms with Gasteiger partial charge in [-0.1, -0.05) is 30.3 Å². The maximum absolute atomic E-state index is 12.2. The van der Waals surface area contributed by atoms with Gasteiger partial charge in [-0.3, -0.25) is 0 Å². The molecular weight excluding hydrogens is 268 g/mol. The van der Waals surface area contributed by atoms with Crippen molar-refractivity contribution in [3.8, 4) is 11.5 Å². The van der Waals surface area contributed by atoms with Crippen LogP contribution in [-0.2, 0) is 9.53 Å². The molecule has 1 aliphatic rings. The molecule has 1 aliphatic heterocycles. The minimum Gasteiger partial charge on any atom is -0.497 e. The molecule has 0 atom stereocenters. The second-order valence-corrected chi connectivity index (χ2v) is 4.53. The highest BCUT2D eigenvalue weighted by Gasteiger charge is 2.31. The summed E-state index contributed by atoms with van der Waals surface area (Å²) in [6.07, 6.45) is 0. The van der Waals surface area contributed by atoms with E-state index in [0.29, 0.717) is 28.4 Å². The summed E-state index contributed by atoms with van der Waals surface area (Å²) in [4.78, 5) is 12.2. The van der Waals surface area contributed by atoms with E-state index in [9.17, 15) is 4.79 Å². The molecule has 2 aromatic rings. The molecule has 2 aromatic carbocycles. The molecule has 0 saturated heterocycles. The number of benzene rings is 2. The van der Waals surface area contributed by atoms with E-state index >= 15 is 0 Å². The second kappa shape index (κ2) is 5.32. The SMILES string of the molecule is COC(=C1C(=O)Oc2cc(OC)ccc21)c1ccccc1. The Balaban J connectivity index is 2.18. The Hall–Kier alpha value is -2.75. The fourth-order valence-corrected chi connectivity index (χ4v) is 2.35. The van der Waals surface area contributed by atoms with Crippen LogP contribution in [0, 0.1) is 0 Å². The molecule has 1 heterocycles. The first-order valence-corrected chi connectivity index (χ1v) is 6.49. The molecule has 0 fully saturated rings. The van der Waals surface area contributed by atoms with Gasteiger partial charge in [0.2, 0.25) is 0 Å². The minimum absolute atomic E-state index is 0.418. The average molecular weight is 282 g/mol. The predicted octanol–water partition coefficient (Wildman–Crippen LogP) is 3.13. The van der Waals surface area contributed by atoms with Crippen molar-refractivity contribution in [2.75, 3.05) is 14.2 Å². The fourth-order valence-electron chi connectivity index (χ4n) is 2.35. The summed E-state index contributed by atoms with van der Waals surface area (Å²) in [5.74, 6) is 1.21. The molecule has 0 aliphatic carbocycles. The number of fused-ring (bicyclic) bond motifs is 1. The van der Waals surface area contributed by atoms with Crippen LogP contribution in [-0.4, -0.2) is 20.2 Å².